The molecule has 3 rings (SSSR count). The van der Waals surface area contributed by atoms with Crippen LogP contribution in [0.15, 0.2) is 29.1 Å². The van der Waals surface area contributed by atoms with E-state index in [2.05, 4.69) is 25.9 Å². The number of carboxylic acids is 2. The third-order valence-corrected chi connectivity index (χ3v) is 5.09. The molecule has 2 amide bonds. The van der Waals surface area contributed by atoms with Crippen molar-refractivity contribution in [1.29, 1.82) is 0 Å². The molecule has 2 heterocycles. The van der Waals surface area contributed by atoms with Crippen LogP contribution in [0, 0.1) is 0 Å². The summed E-state index contributed by atoms with van der Waals surface area (Å²) in [6.45, 7) is 0.869. The molecule has 0 saturated heterocycles. The lowest BCUT2D eigenvalue weighted by Crippen LogP contribution is -2.44. The topological polar surface area (TPSA) is 220 Å². The maximum Gasteiger partial charge on any atom is 0.326 e. The monoisotopic (exact) mass is 473 g/mol. The molecule has 180 valence electrons. The van der Waals surface area contributed by atoms with Crippen molar-refractivity contribution in [3.05, 3.63) is 40.2 Å². The second kappa shape index (κ2) is 10.3. The van der Waals surface area contributed by atoms with Crippen molar-refractivity contribution in [3.8, 4) is 0 Å². The number of fused-ring (bicyclic) bond motifs is 1. The van der Waals surface area contributed by atoms with Gasteiger partial charge in [-0.15, -0.1) is 0 Å². The van der Waals surface area contributed by atoms with E-state index < -0.39 is 42.3 Å². The Balaban J connectivity index is 1.62. The van der Waals surface area contributed by atoms with Crippen LogP contribution in [0.25, 0.3) is 0 Å². The number of hydrogen-bond acceptors (Lipinski definition) is 10. The Bertz CT molecular complexity index is 1150. The molecule has 1 unspecified atom stereocenters. The SMILES string of the molecule is Nc1nc2c(c(=O)[nH]1)NC(CNc1ccc(C(=O)N(C=O)[C@@H](CCC(=O)O)C(=O)O)cc1)CN2. The molecule has 2 atom stereocenters. The van der Waals surface area contributed by atoms with Gasteiger partial charge in [0, 0.05) is 30.8 Å². The van der Waals surface area contributed by atoms with Gasteiger partial charge in [-0.3, -0.25) is 29.1 Å². The highest BCUT2D eigenvalue weighted by Crippen LogP contribution is 2.20. The fourth-order valence-corrected chi connectivity index (χ4v) is 3.38. The third-order valence-electron chi connectivity index (χ3n) is 5.09. The van der Waals surface area contributed by atoms with Gasteiger partial charge >= 0.3 is 11.9 Å². The van der Waals surface area contributed by atoms with E-state index in [9.17, 15) is 29.1 Å². The summed E-state index contributed by atoms with van der Waals surface area (Å²) < 4.78 is 0. The number of nitrogen functional groups attached to an aromatic ring is 1. The maximum absolute atomic E-state index is 12.7. The van der Waals surface area contributed by atoms with Crippen molar-refractivity contribution < 1.29 is 29.4 Å². The lowest BCUT2D eigenvalue weighted by atomic mass is 10.1. The molecule has 8 N–H and O–H groups in total. The Labute approximate surface area is 192 Å². The van der Waals surface area contributed by atoms with Gasteiger partial charge in [-0.1, -0.05) is 0 Å². The van der Waals surface area contributed by atoms with Crippen LogP contribution in [-0.4, -0.2) is 74.5 Å². The minimum Gasteiger partial charge on any atom is -0.481 e. The van der Waals surface area contributed by atoms with Crippen molar-refractivity contribution >= 4 is 47.4 Å². The van der Waals surface area contributed by atoms with Crippen LogP contribution in [0.5, 0.6) is 0 Å². The Hall–Kier alpha value is -4.62. The molecular weight excluding hydrogens is 450 g/mol. The molecule has 0 fully saturated rings. The van der Waals surface area contributed by atoms with Crippen molar-refractivity contribution in [2.24, 2.45) is 0 Å². The van der Waals surface area contributed by atoms with E-state index >= 15 is 0 Å². The quantitative estimate of drug-likeness (QED) is 0.219. The van der Waals surface area contributed by atoms with E-state index in [1.165, 1.54) is 12.1 Å². The summed E-state index contributed by atoms with van der Waals surface area (Å²) >= 11 is 0. The number of aromatic amines is 1. The Morgan fingerprint density at radius 1 is 1.26 bits per heavy atom. The number of nitrogens with zero attached hydrogens (tertiary/aromatic N) is 2. The Kier molecular flexibility index (Phi) is 7.30. The second-order valence-corrected chi connectivity index (χ2v) is 7.46. The average molecular weight is 473 g/mol. The largest absolute Gasteiger partial charge is 0.481 e. The first-order valence-corrected chi connectivity index (χ1v) is 10.2. The van der Waals surface area contributed by atoms with Gasteiger partial charge in [0.25, 0.3) is 11.5 Å². The van der Waals surface area contributed by atoms with Crippen molar-refractivity contribution in [2.45, 2.75) is 24.9 Å². The van der Waals surface area contributed by atoms with Gasteiger partial charge in [0.1, 0.15) is 11.7 Å². The normalized spacial score (nSPS) is 15.1. The minimum absolute atomic E-state index is 0.00830. The number of hydrogen-bond donors (Lipinski definition) is 7. The highest BCUT2D eigenvalue weighted by Gasteiger charge is 2.30. The molecule has 34 heavy (non-hydrogen) atoms. The van der Waals surface area contributed by atoms with Gasteiger partial charge < -0.3 is 31.9 Å². The zero-order valence-corrected chi connectivity index (χ0v) is 17.8. The van der Waals surface area contributed by atoms with Gasteiger partial charge in [0.15, 0.2) is 5.82 Å². The van der Waals surface area contributed by atoms with Crippen molar-refractivity contribution in [1.82, 2.24) is 14.9 Å². The standard InChI is InChI=1S/C20H23N7O7/c21-20-25-16-15(17(31)26-20)24-12(8-23-16)7-22-11-3-1-10(2-4-11)18(32)27(9-28)13(19(33)34)5-6-14(29)30/h1-4,9,12-13,22,24H,5-8H2,(H,29,30)(H,33,34)(H4,21,23,25,26,31)/t12?,13-/m0/s1. The number of carbonyl (C=O) groups is 4. The number of nitrogens with one attached hydrogen (secondary N) is 4. The zero-order valence-electron chi connectivity index (χ0n) is 17.8. The second-order valence-electron chi connectivity index (χ2n) is 7.46. The highest BCUT2D eigenvalue weighted by molar-refractivity contribution is 6.02. The van der Waals surface area contributed by atoms with E-state index in [4.69, 9.17) is 10.8 Å². The maximum atomic E-state index is 12.7. The fraction of sp³-hybridized carbons (Fsp3) is 0.300. The summed E-state index contributed by atoms with van der Waals surface area (Å²) in [5.41, 5.74) is 6.09. The van der Waals surface area contributed by atoms with Gasteiger partial charge in [0.05, 0.1) is 6.04 Å². The molecule has 0 bridgehead atoms. The first kappa shape index (κ1) is 24.0. The number of carboxylic acid groups (broad SMARTS) is 2. The van der Waals surface area contributed by atoms with E-state index in [0.717, 1.165) is 0 Å². The molecule has 1 aliphatic rings. The smallest absolute Gasteiger partial charge is 0.326 e. The van der Waals surface area contributed by atoms with Crippen LogP contribution in [0.2, 0.25) is 0 Å². The molecule has 0 radical (unpaired) electrons. The molecular formula is C20H23N7O7. The number of H-pyrrole nitrogens is 1. The Morgan fingerprint density at radius 3 is 2.59 bits per heavy atom. The molecule has 0 aliphatic carbocycles. The van der Waals surface area contributed by atoms with Crippen LogP contribution in [-0.2, 0) is 14.4 Å². The lowest BCUT2D eigenvalue weighted by Gasteiger charge is -2.27. The van der Waals surface area contributed by atoms with Gasteiger partial charge in [0.2, 0.25) is 12.4 Å². The molecule has 0 spiro atoms. The summed E-state index contributed by atoms with van der Waals surface area (Å²) in [4.78, 5) is 65.2. The van der Waals surface area contributed by atoms with E-state index in [1.54, 1.807) is 12.1 Å². The van der Waals surface area contributed by atoms with Gasteiger partial charge in [-0.05, 0) is 30.7 Å². The number of carbonyl (C=O) groups excluding carboxylic acids is 2. The van der Waals surface area contributed by atoms with E-state index in [1.807, 2.05) is 0 Å². The number of rotatable bonds is 10. The number of amides is 2. The van der Waals surface area contributed by atoms with E-state index in [-0.39, 0.29) is 29.7 Å². The van der Waals surface area contributed by atoms with Crippen LogP contribution in [0.3, 0.4) is 0 Å². The molecule has 14 nitrogen and oxygen atoms in total. The van der Waals surface area contributed by atoms with Crippen molar-refractivity contribution in [3.63, 3.8) is 0 Å². The van der Waals surface area contributed by atoms with Crippen LogP contribution >= 0.6 is 0 Å². The summed E-state index contributed by atoms with van der Waals surface area (Å²) in [5.74, 6) is -3.21. The number of anilines is 4. The van der Waals surface area contributed by atoms with Gasteiger partial charge in [-0.2, -0.15) is 4.98 Å². The first-order chi connectivity index (χ1) is 16.2. The van der Waals surface area contributed by atoms with Crippen molar-refractivity contribution in [2.75, 3.05) is 34.8 Å². The summed E-state index contributed by atoms with van der Waals surface area (Å²) in [7, 11) is 0. The predicted molar refractivity (Wildman–Crippen MR) is 121 cm³/mol. The number of benzene rings is 1. The van der Waals surface area contributed by atoms with Gasteiger partial charge in [-0.25, -0.2) is 4.79 Å². The molecule has 0 saturated carbocycles. The minimum atomic E-state index is -1.60. The number of aromatic nitrogens is 2. The van der Waals surface area contributed by atoms with Crippen LogP contribution in [0.1, 0.15) is 23.2 Å². The summed E-state index contributed by atoms with van der Waals surface area (Å²) in [5, 5.41) is 27.3. The summed E-state index contributed by atoms with van der Waals surface area (Å²) in [6, 6.07) is 4.20. The first-order valence-electron chi connectivity index (χ1n) is 10.2. The molecule has 1 aliphatic heterocycles. The molecule has 2 aromatic rings. The molecule has 14 heteroatoms. The summed E-state index contributed by atoms with van der Waals surface area (Å²) in [6.07, 6.45) is -0.842. The molecule has 1 aromatic carbocycles. The van der Waals surface area contributed by atoms with Crippen LogP contribution in [0.4, 0.5) is 23.1 Å². The fourth-order valence-electron chi connectivity index (χ4n) is 3.38. The number of aliphatic carboxylic acids is 2. The zero-order chi connectivity index (χ0) is 24.8. The predicted octanol–water partition coefficient (Wildman–Crippen LogP) is -0.413. The molecule has 1 aromatic heterocycles. The lowest BCUT2D eigenvalue weighted by molar-refractivity contribution is -0.146. The van der Waals surface area contributed by atoms with E-state index in [0.29, 0.717) is 29.5 Å². The van der Waals surface area contributed by atoms with Crippen LogP contribution < -0.4 is 27.2 Å². The highest BCUT2D eigenvalue weighted by atomic mass is 16.4. The third kappa shape index (κ3) is 5.59. The Morgan fingerprint density at radius 2 is 1.97 bits per heavy atom. The average Bonchev–Trinajstić information content (AvgIpc) is 2.80. The number of imide groups is 1. The number of nitrogens with two attached hydrogens (primary N) is 1.